The molecule has 1 atom stereocenters. The average molecular weight is 321 g/mol. The molecule has 0 aliphatic carbocycles. The number of carbonyl (C=O) groups is 2. The molecule has 0 aromatic heterocycles. The molecule has 126 valence electrons. The fourth-order valence-corrected chi connectivity index (χ4v) is 2.62. The van der Waals surface area contributed by atoms with Crippen molar-refractivity contribution in [1.82, 2.24) is 16.0 Å². The first-order valence-electron chi connectivity index (χ1n) is 8.16. The Morgan fingerprint density at radius 1 is 1.17 bits per heavy atom. The first-order valence-corrected chi connectivity index (χ1v) is 8.16. The van der Waals surface area contributed by atoms with Crippen LogP contribution in [0.3, 0.4) is 0 Å². The smallest absolute Gasteiger partial charge is 0.251 e. The summed E-state index contributed by atoms with van der Waals surface area (Å²) in [4.78, 5) is 23.5. The van der Waals surface area contributed by atoms with E-state index in [1.165, 1.54) is 30.7 Å². The summed E-state index contributed by atoms with van der Waals surface area (Å²) in [5.41, 5.74) is 0.418. The van der Waals surface area contributed by atoms with Crippen LogP contribution < -0.4 is 16.0 Å². The highest BCUT2D eigenvalue weighted by Gasteiger charge is 2.14. The molecular formula is C17H24FN3O2. The number of nitrogens with one attached hydrogen (secondary N) is 3. The summed E-state index contributed by atoms with van der Waals surface area (Å²) in [6.07, 6.45) is 3.18. The lowest BCUT2D eigenvalue weighted by atomic mass is 10.1. The molecule has 1 aromatic carbocycles. The molecule has 2 amide bonds. The van der Waals surface area contributed by atoms with Gasteiger partial charge in [-0.15, -0.1) is 0 Å². The Morgan fingerprint density at radius 2 is 1.96 bits per heavy atom. The number of carbonyl (C=O) groups excluding carboxylic acids is 2. The third kappa shape index (κ3) is 6.36. The van der Waals surface area contributed by atoms with Crippen LogP contribution in [0, 0.1) is 11.7 Å². The van der Waals surface area contributed by atoms with Gasteiger partial charge in [0.1, 0.15) is 5.82 Å². The van der Waals surface area contributed by atoms with Gasteiger partial charge in [0.15, 0.2) is 0 Å². The van der Waals surface area contributed by atoms with E-state index in [4.69, 9.17) is 0 Å². The molecule has 1 unspecified atom stereocenters. The summed E-state index contributed by atoms with van der Waals surface area (Å²) in [5, 5.41) is 8.95. The van der Waals surface area contributed by atoms with Crippen LogP contribution in [0.25, 0.3) is 0 Å². The lowest BCUT2D eigenvalue weighted by Crippen LogP contribution is -2.28. The third-order valence-corrected chi connectivity index (χ3v) is 4.01. The van der Waals surface area contributed by atoms with Crippen LogP contribution >= 0.6 is 0 Å². The molecule has 1 saturated heterocycles. The van der Waals surface area contributed by atoms with Crippen molar-refractivity contribution in [1.29, 1.82) is 0 Å². The van der Waals surface area contributed by atoms with Crippen molar-refractivity contribution in [2.75, 3.05) is 26.2 Å². The maximum absolute atomic E-state index is 12.8. The van der Waals surface area contributed by atoms with E-state index in [0.717, 1.165) is 19.5 Å². The number of benzene rings is 1. The second-order valence-corrected chi connectivity index (χ2v) is 5.86. The second-order valence-electron chi connectivity index (χ2n) is 5.86. The highest BCUT2D eigenvalue weighted by atomic mass is 19.1. The number of hydrogen-bond acceptors (Lipinski definition) is 3. The van der Waals surface area contributed by atoms with Gasteiger partial charge in [-0.3, -0.25) is 9.59 Å². The highest BCUT2D eigenvalue weighted by Crippen LogP contribution is 2.10. The lowest BCUT2D eigenvalue weighted by Gasteiger charge is -2.09. The largest absolute Gasteiger partial charge is 0.356 e. The molecule has 1 aromatic rings. The van der Waals surface area contributed by atoms with Gasteiger partial charge < -0.3 is 16.0 Å². The predicted molar refractivity (Wildman–Crippen MR) is 86.6 cm³/mol. The normalized spacial score (nSPS) is 17.0. The summed E-state index contributed by atoms with van der Waals surface area (Å²) >= 11 is 0. The third-order valence-electron chi connectivity index (χ3n) is 4.01. The molecule has 1 aliphatic rings. The Kier molecular flexibility index (Phi) is 7.00. The highest BCUT2D eigenvalue weighted by molar-refractivity contribution is 5.94. The van der Waals surface area contributed by atoms with Gasteiger partial charge >= 0.3 is 0 Å². The molecule has 1 aliphatic heterocycles. The summed E-state index contributed by atoms with van der Waals surface area (Å²) in [6.45, 7) is 3.26. The molecule has 0 radical (unpaired) electrons. The van der Waals surface area contributed by atoms with Crippen molar-refractivity contribution in [3.63, 3.8) is 0 Å². The zero-order valence-electron chi connectivity index (χ0n) is 13.2. The van der Waals surface area contributed by atoms with Gasteiger partial charge in [0.2, 0.25) is 5.91 Å². The van der Waals surface area contributed by atoms with Crippen LogP contribution in [0.2, 0.25) is 0 Å². The van der Waals surface area contributed by atoms with Gasteiger partial charge in [0.25, 0.3) is 5.91 Å². The lowest BCUT2D eigenvalue weighted by molar-refractivity contribution is -0.121. The van der Waals surface area contributed by atoms with Gasteiger partial charge in [0, 0.05) is 25.1 Å². The summed E-state index contributed by atoms with van der Waals surface area (Å²) < 4.78 is 12.8. The van der Waals surface area contributed by atoms with Crippen LogP contribution in [-0.4, -0.2) is 38.0 Å². The fraction of sp³-hybridized carbons (Fsp3) is 0.529. The van der Waals surface area contributed by atoms with Crippen molar-refractivity contribution in [2.45, 2.75) is 25.7 Å². The Balaban J connectivity index is 1.53. The molecule has 1 heterocycles. The van der Waals surface area contributed by atoms with E-state index in [0.29, 0.717) is 37.4 Å². The number of halogens is 1. The van der Waals surface area contributed by atoms with Crippen LogP contribution in [0.15, 0.2) is 24.3 Å². The summed E-state index contributed by atoms with van der Waals surface area (Å²) in [6, 6.07) is 5.38. The van der Waals surface area contributed by atoms with Crippen LogP contribution in [0.5, 0.6) is 0 Å². The van der Waals surface area contributed by atoms with Crippen LogP contribution in [0.4, 0.5) is 4.39 Å². The minimum atomic E-state index is -0.369. The van der Waals surface area contributed by atoms with Crippen LogP contribution in [-0.2, 0) is 4.79 Å². The van der Waals surface area contributed by atoms with E-state index in [1.54, 1.807) is 0 Å². The molecule has 0 spiro atoms. The number of hydrogen-bond donors (Lipinski definition) is 3. The van der Waals surface area contributed by atoms with Crippen molar-refractivity contribution in [3.05, 3.63) is 35.6 Å². The Morgan fingerprint density at radius 3 is 2.65 bits per heavy atom. The second kappa shape index (κ2) is 9.25. The zero-order valence-corrected chi connectivity index (χ0v) is 13.2. The van der Waals surface area contributed by atoms with E-state index in [1.807, 2.05) is 0 Å². The van der Waals surface area contributed by atoms with Gasteiger partial charge in [-0.25, -0.2) is 4.39 Å². The molecule has 2 rings (SSSR count). The fourth-order valence-electron chi connectivity index (χ4n) is 2.62. The van der Waals surface area contributed by atoms with E-state index < -0.39 is 0 Å². The predicted octanol–water partition coefficient (Wildman–Crippen LogP) is 1.45. The van der Waals surface area contributed by atoms with E-state index in [2.05, 4.69) is 16.0 Å². The molecule has 0 bridgehead atoms. The standard InChI is InChI=1S/C17H24FN3O2/c18-15-5-3-14(4-6-15)17(23)21-9-1-2-16(22)20-11-8-13-7-10-19-12-13/h3-6,13,19H,1-2,7-12H2,(H,20,22)(H,21,23). The zero-order chi connectivity index (χ0) is 16.5. The SMILES string of the molecule is O=C(CCCNC(=O)c1ccc(F)cc1)NCCC1CCNC1. The van der Waals surface area contributed by atoms with Gasteiger partial charge in [0.05, 0.1) is 0 Å². The van der Waals surface area contributed by atoms with Crippen molar-refractivity contribution >= 4 is 11.8 Å². The van der Waals surface area contributed by atoms with Crippen LogP contribution in [0.1, 0.15) is 36.0 Å². The first kappa shape index (κ1) is 17.4. The van der Waals surface area contributed by atoms with E-state index >= 15 is 0 Å². The van der Waals surface area contributed by atoms with Gasteiger partial charge in [-0.2, -0.15) is 0 Å². The first-order chi connectivity index (χ1) is 11.1. The molecule has 5 nitrogen and oxygen atoms in total. The maximum Gasteiger partial charge on any atom is 0.251 e. The molecule has 0 saturated carbocycles. The monoisotopic (exact) mass is 321 g/mol. The molecule has 23 heavy (non-hydrogen) atoms. The van der Waals surface area contributed by atoms with Gasteiger partial charge in [-0.1, -0.05) is 0 Å². The van der Waals surface area contributed by atoms with E-state index in [-0.39, 0.29) is 17.6 Å². The topological polar surface area (TPSA) is 70.2 Å². The molecule has 6 heteroatoms. The maximum atomic E-state index is 12.8. The Labute approximate surface area is 136 Å². The minimum Gasteiger partial charge on any atom is -0.356 e. The number of rotatable bonds is 8. The molecule has 1 fully saturated rings. The Hall–Kier alpha value is -1.95. The summed E-state index contributed by atoms with van der Waals surface area (Å²) in [7, 11) is 0. The average Bonchev–Trinajstić information content (AvgIpc) is 3.05. The minimum absolute atomic E-state index is 0.0204. The number of amides is 2. The quantitative estimate of drug-likeness (QED) is 0.635. The van der Waals surface area contributed by atoms with Crippen molar-refractivity contribution < 1.29 is 14.0 Å². The van der Waals surface area contributed by atoms with Crippen molar-refractivity contribution in [2.24, 2.45) is 5.92 Å². The van der Waals surface area contributed by atoms with Gasteiger partial charge in [-0.05, 0) is 62.5 Å². The van der Waals surface area contributed by atoms with E-state index in [9.17, 15) is 14.0 Å². The summed E-state index contributed by atoms with van der Waals surface area (Å²) in [5.74, 6) is 0.0723. The van der Waals surface area contributed by atoms with Crippen molar-refractivity contribution in [3.8, 4) is 0 Å². The molecule has 3 N–H and O–H groups in total. The molecular weight excluding hydrogens is 297 g/mol. The Bertz CT molecular complexity index is 513.